The Balaban J connectivity index is 1.33. The molecule has 7 heteroatoms. The van der Waals surface area contributed by atoms with E-state index in [1.807, 2.05) is 47.4 Å². The molecular weight excluding hydrogens is 356 g/mol. The molecule has 2 aromatic rings. The van der Waals surface area contributed by atoms with Crippen LogP contribution in [0.4, 0.5) is 10.5 Å². The molecule has 0 spiro atoms. The van der Waals surface area contributed by atoms with E-state index in [2.05, 4.69) is 4.98 Å². The topological polar surface area (TPSA) is 66.0 Å². The molecule has 3 heterocycles. The Morgan fingerprint density at radius 1 is 1.07 bits per heavy atom. The van der Waals surface area contributed by atoms with Gasteiger partial charge in [0.1, 0.15) is 18.4 Å². The number of carbonyl (C=O) groups is 2. The van der Waals surface area contributed by atoms with Gasteiger partial charge in [-0.05, 0) is 37.1 Å². The maximum Gasteiger partial charge on any atom is 0.325 e. The molecule has 0 radical (unpaired) electrons. The third-order valence-electron chi connectivity index (χ3n) is 5.17. The highest BCUT2D eigenvalue weighted by atomic mass is 16.5. The third kappa shape index (κ3) is 4.08. The second kappa shape index (κ2) is 8.29. The van der Waals surface area contributed by atoms with Crippen LogP contribution in [0.2, 0.25) is 0 Å². The van der Waals surface area contributed by atoms with Gasteiger partial charge < -0.3 is 14.5 Å². The summed E-state index contributed by atoms with van der Waals surface area (Å²) in [5, 5.41) is 0. The molecule has 1 aromatic carbocycles. The molecule has 1 aromatic heterocycles. The van der Waals surface area contributed by atoms with Gasteiger partial charge in [-0.2, -0.15) is 0 Å². The van der Waals surface area contributed by atoms with Crippen LogP contribution in [0.3, 0.4) is 0 Å². The number of urea groups is 1. The van der Waals surface area contributed by atoms with Crippen molar-refractivity contribution in [3.63, 3.8) is 0 Å². The van der Waals surface area contributed by atoms with Gasteiger partial charge in [0, 0.05) is 37.7 Å². The maximum atomic E-state index is 12.8. The van der Waals surface area contributed by atoms with Crippen molar-refractivity contribution in [1.82, 2.24) is 14.8 Å². The van der Waals surface area contributed by atoms with Crippen LogP contribution in [-0.4, -0.2) is 65.5 Å². The van der Waals surface area contributed by atoms with Crippen LogP contribution in [0.1, 0.15) is 12.8 Å². The number of hydrogen-bond acceptors (Lipinski definition) is 4. The van der Waals surface area contributed by atoms with Gasteiger partial charge in [-0.3, -0.25) is 14.7 Å². The average Bonchev–Trinajstić information content (AvgIpc) is 3.10. The largest absolute Gasteiger partial charge is 0.488 e. The Hall–Kier alpha value is -3.09. The Morgan fingerprint density at radius 3 is 2.64 bits per heavy atom. The fraction of sp³-hybridized carbons (Fsp3) is 0.381. The number of para-hydroxylation sites is 1. The van der Waals surface area contributed by atoms with Gasteiger partial charge in [0.15, 0.2) is 0 Å². The van der Waals surface area contributed by atoms with E-state index < -0.39 is 0 Å². The Bertz CT molecular complexity index is 815. The van der Waals surface area contributed by atoms with E-state index in [9.17, 15) is 9.59 Å². The van der Waals surface area contributed by atoms with Gasteiger partial charge in [-0.1, -0.05) is 18.2 Å². The summed E-state index contributed by atoms with van der Waals surface area (Å²) in [6.07, 6.45) is 5.16. The Labute approximate surface area is 164 Å². The van der Waals surface area contributed by atoms with Gasteiger partial charge >= 0.3 is 6.03 Å². The van der Waals surface area contributed by atoms with Crippen LogP contribution in [0.25, 0.3) is 0 Å². The number of amides is 3. The van der Waals surface area contributed by atoms with Crippen molar-refractivity contribution in [3.05, 3.63) is 54.9 Å². The van der Waals surface area contributed by atoms with E-state index >= 15 is 0 Å². The highest BCUT2D eigenvalue weighted by Crippen LogP contribution is 2.21. The number of hydrogen-bond donors (Lipinski definition) is 0. The third-order valence-corrected chi connectivity index (χ3v) is 5.17. The molecule has 2 fully saturated rings. The molecule has 7 nitrogen and oxygen atoms in total. The zero-order valence-electron chi connectivity index (χ0n) is 15.7. The smallest absolute Gasteiger partial charge is 0.325 e. The van der Waals surface area contributed by atoms with Crippen LogP contribution in [0.15, 0.2) is 54.9 Å². The second-order valence-electron chi connectivity index (χ2n) is 7.10. The first-order valence-corrected chi connectivity index (χ1v) is 9.66. The van der Waals surface area contributed by atoms with Crippen LogP contribution in [-0.2, 0) is 4.79 Å². The molecule has 146 valence electrons. The summed E-state index contributed by atoms with van der Waals surface area (Å²) < 4.78 is 5.98. The summed E-state index contributed by atoms with van der Waals surface area (Å²) in [6.45, 7) is 2.53. The molecule has 2 saturated heterocycles. The van der Waals surface area contributed by atoms with Crippen molar-refractivity contribution in [1.29, 1.82) is 0 Å². The standard InChI is InChI=1S/C21H24N4O3/c26-20(16-24-13-14-25(21(24)27)17-5-2-1-3-6-17)23-12-4-7-19(15-23)28-18-8-10-22-11-9-18/h1-3,5-6,8-11,19H,4,7,12-16H2/t19-/m0/s1. The maximum absolute atomic E-state index is 12.8. The molecule has 4 rings (SSSR count). The first-order valence-electron chi connectivity index (χ1n) is 9.66. The van der Waals surface area contributed by atoms with E-state index in [1.54, 1.807) is 22.2 Å². The molecule has 1 atom stereocenters. The van der Waals surface area contributed by atoms with Crippen LogP contribution >= 0.6 is 0 Å². The summed E-state index contributed by atoms with van der Waals surface area (Å²) in [5.41, 5.74) is 0.867. The van der Waals surface area contributed by atoms with Gasteiger partial charge in [-0.15, -0.1) is 0 Å². The fourth-order valence-electron chi connectivity index (χ4n) is 3.71. The monoisotopic (exact) mass is 380 g/mol. The van der Waals surface area contributed by atoms with E-state index in [1.165, 1.54) is 0 Å². The number of likely N-dealkylation sites (tertiary alicyclic amines) is 1. The molecule has 2 aliphatic heterocycles. The molecule has 0 N–H and O–H groups in total. The Kier molecular flexibility index (Phi) is 5.41. The van der Waals surface area contributed by atoms with Crippen LogP contribution in [0, 0.1) is 0 Å². The molecule has 0 unspecified atom stereocenters. The molecule has 28 heavy (non-hydrogen) atoms. The SMILES string of the molecule is O=C(CN1CCN(c2ccccc2)C1=O)N1CCC[C@H](Oc2ccncc2)C1. The highest BCUT2D eigenvalue weighted by molar-refractivity contribution is 5.96. The zero-order valence-corrected chi connectivity index (χ0v) is 15.7. The van der Waals surface area contributed by atoms with Crippen molar-refractivity contribution in [2.45, 2.75) is 18.9 Å². The van der Waals surface area contributed by atoms with Crippen molar-refractivity contribution < 1.29 is 14.3 Å². The second-order valence-corrected chi connectivity index (χ2v) is 7.10. The van der Waals surface area contributed by atoms with Gasteiger partial charge in [0.05, 0.1) is 6.54 Å². The normalized spacial score (nSPS) is 19.8. The number of piperidine rings is 1. The molecule has 0 bridgehead atoms. The first kappa shape index (κ1) is 18.3. The lowest BCUT2D eigenvalue weighted by atomic mass is 10.1. The lowest BCUT2D eigenvalue weighted by Gasteiger charge is -2.33. The fourth-order valence-corrected chi connectivity index (χ4v) is 3.71. The van der Waals surface area contributed by atoms with E-state index in [4.69, 9.17) is 4.74 Å². The number of rotatable bonds is 5. The van der Waals surface area contributed by atoms with E-state index in [0.717, 1.165) is 24.3 Å². The lowest BCUT2D eigenvalue weighted by Crippen LogP contribution is -2.48. The van der Waals surface area contributed by atoms with Gasteiger partial charge in [-0.25, -0.2) is 4.79 Å². The van der Waals surface area contributed by atoms with Crippen molar-refractivity contribution in [2.24, 2.45) is 0 Å². The molecule has 2 aliphatic rings. The number of carbonyl (C=O) groups excluding carboxylic acids is 2. The van der Waals surface area contributed by atoms with Crippen molar-refractivity contribution in [3.8, 4) is 5.75 Å². The minimum atomic E-state index is -0.110. The summed E-state index contributed by atoms with van der Waals surface area (Å²) in [6, 6.07) is 13.1. The van der Waals surface area contributed by atoms with Crippen LogP contribution < -0.4 is 9.64 Å². The predicted molar refractivity (Wildman–Crippen MR) is 105 cm³/mol. The van der Waals surface area contributed by atoms with Gasteiger partial charge in [0.2, 0.25) is 5.91 Å². The number of aromatic nitrogens is 1. The number of benzene rings is 1. The summed E-state index contributed by atoms with van der Waals surface area (Å²) >= 11 is 0. The summed E-state index contributed by atoms with van der Waals surface area (Å²) in [5.74, 6) is 0.744. The highest BCUT2D eigenvalue weighted by Gasteiger charge is 2.33. The first-order chi connectivity index (χ1) is 13.7. The number of anilines is 1. The zero-order chi connectivity index (χ0) is 19.3. The van der Waals surface area contributed by atoms with Gasteiger partial charge in [0.25, 0.3) is 0 Å². The number of pyridine rings is 1. The molecule has 0 saturated carbocycles. The Morgan fingerprint density at radius 2 is 1.86 bits per heavy atom. The van der Waals surface area contributed by atoms with E-state index in [0.29, 0.717) is 26.2 Å². The van der Waals surface area contributed by atoms with E-state index in [-0.39, 0.29) is 24.6 Å². The minimum Gasteiger partial charge on any atom is -0.488 e. The van der Waals surface area contributed by atoms with Crippen LogP contribution in [0.5, 0.6) is 5.75 Å². The minimum absolute atomic E-state index is 0.0220. The lowest BCUT2D eigenvalue weighted by molar-refractivity contribution is -0.134. The number of ether oxygens (including phenoxy) is 1. The quantitative estimate of drug-likeness (QED) is 0.799. The summed E-state index contributed by atoms with van der Waals surface area (Å²) in [7, 11) is 0. The van der Waals surface area contributed by atoms with Crippen molar-refractivity contribution >= 4 is 17.6 Å². The molecule has 0 aliphatic carbocycles. The summed E-state index contributed by atoms with van der Waals surface area (Å²) in [4.78, 5) is 34.6. The average molecular weight is 380 g/mol. The van der Waals surface area contributed by atoms with Crippen molar-refractivity contribution in [2.75, 3.05) is 37.6 Å². The predicted octanol–water partition coefficient (Wildman–Crippen LogP) is 2.39. The molecule has 3 amide bonds. The molecular formula is C21H24N4O3. The number of nitrogens with zero attached hydrogens (tertiary/aromatic N) is 4.